The summed E-state index contributed by atoms with van der Waals surface area (Å²) in [6.07, 6.45) is 2.74. The molecule has 0 spiro atoms. The van der Waals surface area contributed by atoms with Crippen LogP contribution in [-0.2, 0) is 0 Å². The zero-order valence-electron chi connectivity index (χ0n) is 15.9. The van der Waals surface area contributed by atoms with E-state index in [9.17, 15) is 14.0 Å². The van der Waals surface area contributed by atoms with Crippen molar-refractivity contribution in [3.8, 4) is 11.1 Å². The summed E-state index contributed by atoms with van der Waals surface area (Å²) in [5, 5.41) is 2.86. The highest BCUT2D eigenvalue weighted by molar-refractivity contribution is 5.96. The molecular weight excluding hydrogens is 387 g/mol. The quantitative estimate of drug-likeness (QED) is 0.539. The number of aromatic nitrogens is 2. The predicted molar refractivity (Wildman–Crippen MR) is 110 cm³/mol. The van der Waals surface area contributed by atoms with Crippen LogP contribution in [0.15, 0.2) is 70.1 Å². The van der Waals surface area contributed by atoms with Gasteiger partial charge in [-0.25, -0.2) is 14.4 Å². The number of nitrogens with zero attached hydrogens (tertiary/aromatic N) is 2. The first-order valence-electron chi connectivity index (χ1n) is 9.14. The average molecular weight is 404 g/mol. The lowest BCUT2D eigenvalue weighted by molar-refractivity contribution is 0.0931. The number of nitrogens with two attached hydrogens (primary N) is 1. The minimum absolute atomic E-state index is 0.0130. The topological polar surface area (TPSA) is 111 Å². The van der Waals surface area contributed by atoms with Gasteiger partial charge >= 0.3 is 0 Å². The zero-order valence-corrected chi connectivity index (χ0v) is 15.9. The summed E-state index contributed by atoms with van der Waals surface area (Å²) in [6, 6.07) is 11.9. The molecule has 0 bridgehead atoms. The number of nitrogen functional groups attached to an aromatic ring is 1. The molecule has 3 N–H and O–H groups in total. The van der Waals surface area contributed by atoms with Gasteiger partial charge in [-0.05, 0) is 30.7 Å². The molecule has 2 aromatic carbocycles. The van der Waals surface area contributed by atoms with Crippen LogP contribution in [0.25, 0.3) is 22.1 Å². The van der Waals surface area contributed by atoms with Crippen molar-refractivity contribution in [1.82, 2.24) is 15.3 Å². The third-order valence-corrected chi connectivity index (χ3v) is 4.62. The Morgan fingerprint density at radius 3 is 2.60 bits per heavy atom. The molecule has 0 aliphatic heterocycles. The van der Waals surface area contributed by atoms with E-state index < -0.39 is 23.2 Å². The molecule has 0 aliphatic rings. The van der Waals surface area contributed by atoms with Gasteiger partial charge < -0.3 is 15.5 Å². The largest absolute Gasteiger partial charge is 0.458 e. The normalized spacial score (nSPS) is 11.9. The lowest BCUT2D eigenvalue weighted by Gasteiger charge is -2.17. The number of halogens is 1. The third kappa shape index (κ3) is 3.50. The van der Waals surface area contributed by atoms with Gasteiger partial charge in [0.1, 0.15) is 17.2 Å². The van der Waals surface area contributed by atoms with E-state index in [0.717, 1.165) is 6.07 Å². The average Bonchev–Trinajstić information content (AvgIpc) is 2.75. The lowest BCUT2D eigenvalue weighted by atomic mass is 9.99. The van der Waals surface area contributed by atoms with Crippen molar-refractivity contribution < 1.29 is 13.6 Å². The number of amides is 1. The highest BCUT2D eigenvalue weighted by atomic mass is 19.1. The maximum Gasteiger partial charge on any atom is 0.274 e. The number of carbonyl (C=O) groups is 1. The van der Waals surface area contributed by atoms with Crippen molar-refractivity contribution in [3.05, 3.63) is 88.4 Å². The first kappa shape index (κ1) is 19.3. The Labute approximate surface area is 170 Å². The molecule has 8 heteroatoms. The van der Waals surface area contributed by atoms with Crippen LogP contribution in [0, 0.1) is 5.82 Å². The Kier molecular flexibility index (Phi) is 4.97. The summed E-state index contributed by atoms with van der Waals surface area (Å²) in [7, 11) is 0. The fourth-order valence-corrected chi connectivity index (χ4v) is 3.22. The fraction of sp³-hybridized carbons (Fsp3) is 0.0909. The van der Waals surface area contributed by atoms with Crippen molar-refractivity contribution in [2.24, 2.45) is 0 Å². The molecule has 1 amide bonds. The Morgan fingerprint density at radius 2 is 1.87 bits per heavy atom. The molecule has 4 aromatic rings. The van der Waals surface area contributed by atoms with Gasteiger partial charge in [-0.1, -0.05) is 30.3 Å². The van der Waals surface area contributed by atoms with E-state index in [1.807, 2.05) is 6.07 Å². The van der Waals surface area contributed by atoms with Gasteiger partial charge in [0, 0.05) is 12.4 Å². The van der Waals surface area contributed by atoms with Crippen molar-refractivity contribution in [2.75, 3.05) is 5.73 Å². The highest BCUT2D eigenvalue weighted by Gasteiger charge is 2.24. The Balaban J connectivity index is 1.85. The van der Waals surface area contributed by atoms with E-state index in [1.54, 1.807) is 31.2 Å². The summed E-state index contributed by atoms with van der Waals surface area (Å²) in [5.41, 5.74) is 6.36. The minimum Gasteiger partial charge on any atom is -0.458 e. The first-order chi connectivity index (χ1) is 14.5. The fourth-order valence-electron chi connectivity index (χ4n) is 3.22. The number of fused-ring (bicyclic) bond motifs is 1. The van der Waals surface area contributed by atoms with E-state index >= 15 is 0 Å². The molecule has 4 rings (SSSR count). The van der Waals surface area contributed by atoms with Gasteiger partial charge in [0.15, 0.2) is 11.5 Å². The van der Waals surface area contributed by atoms with E-state index in [2.05, 4.69) is 15.3 Å². The summed E-state index contributed by atoms with van der Waals surface area (Å²) in [5.74, 6) is -0.878. The van der Waals surface area contributed by atoms with Crippen molar-refractivity contribution >= 4 is 22.7 Å². The Bertz CT molecular complexity index is 1310. The second-order valence-electron chi connectivity index (χ2n) is 6.66. The van der Waals surface area contributed by atoms with Crippen LogP contribution in [0.4, 0.5) is 10.2 Å². The van der Waals surface area contributed by atoms with Crippen LogP contribution in [0.2, 0.25) is 0 Å². The summed E-state index contributed by atoms with van der Waals surface area (Å²) in [4.78, 5) is 33.7. The molecular formula is C22H17FN4O3. The SMILES string of the molecule is C[C@H](NC(=O)c1nccnc1N)c1oc2ccc(F)cc2c(=O)c1-c1ccccc1. The molecule has 2 heterocycles. The van der Waals surface area contributed by atoms with E-state index in [1.165, 1.54) is 24.5 Å². The predicted octanol–water partition coefficient (Wildman–Crippen LogP) is 3.46. The van der Waals surface area contributed by atoms with Crippen LogP contribution in [0.1, 0.15) is 29.2 Å². The summed E-state index contributed by atoms with van der Waals surface area (Å²) < 4.78 is 19.7. The third-order valence-electron chi connectivity index (χ3n) is 4.62. The molecule has 0 unspecified atom stereocenters. The van der Waals surface area contributed by atoms with Gasteiger partial charge in [-0.2, -0.15) is 0 Å². The number of hydrogen-bond donors (Lipinski definition) is 2. The molecule has 150 valence electrons. The maximum atomic E-state index is 13.7. The first-order valence-corrected chi connectivity index (χ1v) is 9.14. The van der Waals surface area contributed by atoms with Crippen molar-refractivity contribution in [3.63, 3.8) is 0 Å². The minimum atomic E-state index is -0.712. The zero-order chi connectivity index (χ0) is 21.3. The Morgan fingerprint density at radius 1 is 1.13 bits per heavy atom. The number of anilines is 1. The second-order valence-corrected chi connectivity index (χ2v) is 6.66. The Hall–Kier alpha value is -4.07. The van der Waals surface area contributed by atoms with Gasteiger partial charge in [0.05, 0.1) is 17.0 Å². The monoisotopic (exact) mass is 404 g/mol. The molecule has 0 radical (unpaired) electrons. The van der Waals surface area contributed by atoms with Crippen LogP contribution < -0.4 is 16.5 Å². The molecule has 0 saturated carbocycles. The van der Waals surface area contributed by atoms with Gasteiger partial charge in [-0.3, -0.25) is 9.59 Å². The molecule has 1 atom stereocenters. The van der Waals surface area contributed by atoms with Crippen molar-refractivity contribution in [1.29, 1.82) is 0 Å². The van der Waals surface area contributed by atoms with Crippen LogP contribution in [0.5, 0.6) is 0 Å². The molecule has 0 fully saturated rings. The maximum absolute atomic E-state index is 13.7. The van der Waals surface area contributed by atoms with Gasteiger partial charge in [-0.15, -0.1) is 0 Å². The van der Waals surface area contributed by atoms with Crippen molar-refractivity contribution in [2.45, 2.75) is 13.0 Å². The van der Waals surface area contributed by atoms with Gasteiger partial charge in [0.25, 0.3) is 5.91 Å². The smallest absolute Gasteiger partial charge is 0.274 e. The molecule has 2 aromatic heterocycles. The number of nitrogens with one attached hydrogen (secondary N) is 1. The molecule has 0 saturated heterocycles. The number of hydrogen-bond acceptors (Lipinski definition) is 6. The summed E-state index contributed by atoms with van der Waals surface area (Å²) >= 11 is 0. The standard InChI is InChI=1S/C22H17FN4O3/c1-12(27-22(29)18-21(24)26-10-9-25-18)20-17(13-5-3-2-4-6-13)19(28)15-11-14(23)7-8-16(15)30-20/h2-12H,1H3,(H2,24,26)(H,27,29)/t12-/m0/s1. The molecule has 7 nitrogen and oxygen atoms in total. The van der Waals surface area contributed by atoms with Crippen LogP contribution >= 0.6 is 0 Å². The number of carbonyl (C=O) groups excluding carboxylic acids is 1. The number of benzene rings is 2. The van der Waals surface area contributed by atoms with E-state index in [-0.39, 0.29) is 33.8 Å². The number of rotatable bonds is 4. The summed E-state index contributed by atoms with van der Waals surface area (Å²) in [6.45, 7) is 1.67. The highest BCUT2D eigenvalue weighted by Crippen LogP contribution is 2.29. The van der Waals surface area contributed by atoms with E-state index in [0.29, 0.717) is 5.56 Å². The van der Waals surface area contributed by atoms with E-state index in [4.69, 9.17) is 10.2 Å². The van der Waals surface area contributed by atoms with Crippen LogP contribution in [0.3, 0.4) is 0 Å². The lowest BCUT2D eigenvalue weighted by Crippen LogP contribution is -2.29. The molecule has 30 heavy (non-hydrogen) atoms. The molecule has 0 aliphatic carbocycles. The van der Waals surface area contributed by atoms with Crippen LogP contribution in [-0.4, -0.2) is 15.9 Å². The second kappa shape index (κ2) is 7.75. The van der Waals surface area contributed by atoms with Gasteiger partial charge in [0.2, 0.25) is 5.43 Å².